The first-order valence-electron chi connectivity index (χ1n) is 13.8. The quantitative estimate of drug-likeness (QED) is 0.476. The summed E-state index contributed by atoms with van der Waals surface area (Å²) in [6.07, 6.45) is 1.04. The van der Waals surface area contributed by atoms with Gasteiger partial charge in [-0.2, -0.15) is 13.2 Å². The minimum atomic E-state index is -4.84. The molecule has 7 nitrogen and oxygen atoms in total. The average molecular weight is 579 g/mol. The van der Waals surface area contributed by atoms with Gasteiger partial charge >= 0.3 is 12.2 Å². The van der Waals surface area contributed by atoms with Crippen LogP contribution in [-0.4, -0.2) is 63.4 Å². The number of hydrogen-bond acceptors (Lipinski definition) is 4. The highest BCUT2D eigenvalue weighted by atomic mass is 32.2. The number of nitrogens with one attached hydrogen (secondary N) is 1. The Labute approximate surface area is 234 Å². The molecule has 1 spiro atoms. The van der Waals surface area contributed by atoms with Gasteiger partial charge < -0.3 is 10.2 Å². The summed E-state index contributed by atoms with van der Waals surface area (Å²) in [5.41, 5.74) is -1.12. The van der Waals surface area contributed by atoms with Gasteiger partial charge in [-0.1, -0.05) is 36.8 Å². The van der Waals surface area contributed by atoms with Crippen LogP contribution in [0.15, 0.2) is 53.4 Å². The predicted molar refractivity (Wildman–Crippen MR) is 147 cm³/mol. The second-order valence-electron chi connectivity index (χ2n) is 11.7. The molecule has 0 radical (unpaired) electrons. The van der Waals surface area contributed by atoms with Crippen LogP contribution in [0.4, 0.5) is 23.7 Å². The van der Waals surface area contributed by atoms with Crippen LogP contribution < -0.4 is 10.2 Å². The molecule has 11 heteroatoms. The summed E-state index contributed by atoms with van der Waals surface area (Å²) < 4.78 is 69.3. The van der Waals surface area contributed by atoms with E-state index in [1.165, 1.54) is 19.0 Å². The fourth-order valence-electron chi connectivity index (χ4n) is 6.55. The third kappa shape index (κ3) is 4.90. The number of anilines is 1. The monoisotopic (exact) mass is 578 g/mol. The fourth-order valence-corrected chi connectivity index (χ4v) is 7.48. The Balaban J connectivity index is 1.52. The number of urea groups is 1. The zero-order valence-corrected chi connectivity index (χ0v) is 24.0. The van der Waals surface area contributed by atoms with Crippen LogP contribution in [0.25, 0.3) is 0 Å². The van der Waals surface area contributed by atoms with Crippen molar-refractivity contribution in [2.45, 2.75) is 67.1 Å². The maximum atomic E-state index is 14.4. The highest BCUT2D eigenvalue weighted by molar-refractivity contribution is 7.89. The second-order valence-corrected chi connectivity index (χ2v) is 13.8. The Kier molecular flexibility index (Phi) is 7.46. The summed E-state index contributed by atoms with van der Waals surface area (Å²) in [6, 6.07) is 12.7. The molecule has 2 aliphatic carbocycles. The number of alkyl halides is 3. The van der Waals surface area contributed by atoms with Gasteiger partial charge in [-0.3, -0.25) is 4.90 Å². The van der Waals surface area contributed by atoms with E-state index in [0.717, 1.165) is 54.1 Å². The molecule has 3 aliphatic rings. The van der Waals surface area contributed by atoms with Crippen LogP contribution in [0.1, 0.15) is 56.1 Å². The molecule has 218 valence electrons. The van der Waals surface area contributed by atoms with E-state index < -0.39 is 38.2 Å². The second kappa shape index (κ2) is 10.3. The number of halogens is 3. The molecule has 3 fully saturated rings. The highest BCUT2D eigenvalue weighted by Crippen LogP contribution is 2.50. The topological polar surface area (TPSA) is 73.0 Å². The van der Waals surface area contributed by atoms with E-state index in [0.29, 0.717) is 31.4 Å². The average Bonchev–Trinajstić information content (AvgIpc) is 3.17. The molecule has 1 aliphatic heterocycles. The molecule has 0 aromatic heterocycles. The SMILES string of the molecule is CN[C@]1(c2ccccc2)CC[C@]2(CC1)CN(c1ccc(S(=O)(=O)N(C)C)cc1C(F)(F)F)C(=O)N2CC1CCC1. The molecular weight excluding hydrogens is 541 g/mol. The van der Waals surface area contributed by atoms with E-state index in [9.17, 15) is 26.4 Å². The largest absolute Gasteiger partial charge is 0.418 e. The lowest BCUT2D eigenvalue weighted by molar-refractivity contribution is -0.137. The van der Waals surface area contributed by atoms with Crippen LogP contribution in [0, 0.1) is 5.92 Å². The zero-order chi connectivity index (χ0) is 28.9. The van der Waals surface area contributed by atoms with E-state index >= 15 is 0 Å². The summed E-state index contributed by atoms with van der Waals surface area (Å²) in [5, 5.41) is 3.50. The summed E-state index contributed by atoms with van der Waals surface area (Å²) >= 11 is 0. The Morgan fingerprint density at radius 2 is 1.68 bits per heavy atom. The van der Waals surface area contributed by atoms with Gasteiger partial charge in [-0.25, -0.2) is 17.5 Å². The lowest BCUT2D eigenvalue weighted by Crippen LogP contribution is -2.56. The summed E-state index contributed by atoms with van der Waals surface area (Å²) in [6.45, 7) is 0.664. The molecule has 2 saturated carbocycles. The van der Waals surface area contributed by atoms with Gasteiger partial charge in [0.1, 0.15) is 0 Å². The molecule has 0 atom stereocenters. The summed E-state index contributed by atoms with van der Waals surface area (Å²) in [7, 11) is 0.380. The maximum Gasteiger partial charge on any atom is 0.418 e. The Bertz CT molecular complexity index is 1350. The first kappa shape index (κ1) is 28.9. The van der Waals surface area contributed by atoms with Crippen molar-refractivity contribution in [2.75, 3.05) is 39.1 Å². The van der Waals surface area contributed by atoms with Crippen molar-refractivity contribution in [1.82, 2.24) is 14.5 Å². The van der Waals surface area contributed by atoms with Crippen LogP contribution in [-0.2, 0) is 21.7 Å². The third-order valence-electron chi connectivity index (χ3n) is 9.33. The van der Waals surface area contributed by atoms with E-state index in [4.69, 9.17) is 0 Å². The van der Waals surface area contributed by atoms with E-state index in [1.807, 2.05) is 30.1 Å². The maximum absolute atomic E-state index is 14.4. The predicted octanol–water partition coefficient (Wildman–Crippen LogP) is 5.43. The lowest BCUT2D eigenvalue weighted by atomic mass is 9.68. The highest BCUT2D eigenvalue weighted by Gasteiger charge is 2.55. The minimum Gasteiger partial charge on any atom is -0.317 e. The molecule has 0 bridgehead atoms. The molecule has 1 N–H and O–H groups in total. The normalized spacial score (nSPS) is 26.1. The van der Waals surface area contributed by atoms with Crippen molar-refractivity contribution in [1.29, 1.82) is 0 Å². The van der Waals surface area contributed by atoms with Crippen LogP contribution >= 0.6 is 0 Å². The van der Waals surface area contributed by atoms with E-state index in [-0.39, 0.29) is 17.8 Å². The van der Waals surface area contributed by atoms with Gasteiger partial charge in [0, 0.05) is 26.2 Å². The first-order chi connectivity index (χ1) is 18.8. The number of carbonyl (C=O) groups excluding carboxylic acids is 1. The zero-order valence-electron chi connectivity index (χ0n) is 23.2. The molecule has 1 heterocycles. The fraction of sp³-hybridized carbons (Fsp3) is 0.552. The van der Waals surface area contributed by atoms with Gasteiger partial charge in [0.2, 0.25) is 10.0 Å². The van der Waals surface area contributed by atoms with E-state index in [2.05, 4.69) is 17.4 Å². The Morgan fingerprint density at radius 1 is 1.02 bits per heavy atom. The van der Waals surface area contributed by atoms with Gasteiger partial charge in [-0.15, -0.1) is 0 Å². The van der Waals surface area contributed by atoms with Gasteiger partial charge in [0.15, 0.2) is 0 Å². The molecule has 40 heavy (non-hydrogen) atoms. The Hall–Kier alpha value is -2.63. The number of amides is 2. The van der Waals surface area contributed by atoms with Crippen molar-refractivity contribution >= 4 is 21.7 Å². The molecule has 0 unspecified atom stereocenters. The summed E-state index contributed by atoms with van der Waals surface area (Å²) in [5.74, 6) is 0.348. The first-order valence-corrected chi connectivity index (χ1v) is 15.2. The molecule has 2 aromatic carbocycles. The molecule has 2 aromatic rings. The van der Waals surface area contributed by atoms with Crippen molar-refractivity contribution in [3.63, 3.8) is 0 Å². The van der Waals surface area contributed by atoms with Crippen LogP contribution in [0.3, 0.4) is 0 Å². The van der Waals surface area contributed by atoms with Crippen LogP contribution in [0.2, 0.25) is 0 Å². The van der Waals surface area contributed by atoms with Crippen molar-refractivity contribution in [3.05, 3.63) is 59.7 Å². The van der Waals surface area contributed by atoms with Gasteiger partial charge in [0.25, 0.3) is 0 Å². The van der Waals surface area contributed by atoms with E-state index in [1.54, 1.807) is 0 Å². The standard InChI is InChI=1S/C29H37F3N4O3S/c1-33-28(22-10-5-4-6-11-22)16-14-27(15-17-28)20-35(26(37)36(27)19-21-8-7-9-21)25-13-12-23(40(38,39)34(2)3)18-24(25)29(30,31)32/h4-6,10-13,18,21,33H,7-9,14-17,19-20H2,1-3H3/t27-,28+. The van der Waals surface area contributed by atoms with Crippen molar-refractivity contribution in [3.8, 4) is 0 Å². The summed E-state index contributed by atoms with van der Waals surface area (Å²) in [4.78, 5) is 16.6. The molecule has 2 amide bonds. The third-order valence-corrected chi connectivity index (χ3v) is 11.1. The molecule has 5 rings (SSSR count). The van der Waals surface area contributed by atoms with Crippen molar-refractivity contribution in [2.24, 2.45) is 5.92 Å². The number of rotatable bonds is 7. The molecular formula is C29H37F3N4O3S. The number of sulfonamides is 1. The van der Waals surface area contributed by atoms with Gasteiger partial charge in [-0.05, 0) is 75.3 Å². The van der Waals surface area contributed by atoms with Crippen LogP contribution in [0.5, 0.6) is 0 Å². The minimum absolute atomic E-state index is 0.135. The van der Waals surface area contributed by atoms with Gasteiger partial charge in [0.05, 0.1) is 28.2 Å². The Morgan fingerprint density at radius 3 is 2.20 bits per heavy atom. The van der Waals surface area contributed by atoms with Crippen molar-refractivity contribution < 1.29 is 26.4 Å². The lowest BCUT2D eigenvalue weighted by Gasteiger charge is -2.49. The molecule has 1 saturated heterocycles. The number of nitrogens with zero attached hydrogens (tertiary/aromatic N) is 3. The number of carbonyl (C=O) groups is 1. The number of benzene rings is 2. The smallest absolute Gasteiger partial charge is 0.317 e. The number of hydrogen-bond donors (Lipinski definition) is 1.